The van der Waals surface area contributed by atoms with Gasteiger partial charge in [-0.05, 0) is 26.7 Å². The molecule has 0 heterocycles. The van der Waals surface area contributed by atoms with Gasteiger partial charge in [-0.15, -0.1) is 0 Å². The second kappa shape index (κ2) is 12.6. The topological polar surface area (TPSA) is 76.7 Å². The molecule has 0 aliphatic rings. The summed E-state index contributed by atoms with van der Waals surface area (Å²) in [5, 5.41) is 5.03. The first-order valence-electron chi connectivity index (χ1n) is 5.52. The Hall–Kier alpha value is -1.46. The molecular weight excluding hydrogens is 224 g/mol. The third-order valence-corrected chi connectivity index (χ3v) is 1.65. The highest BCUT2D eigenvalue weighted by molar-refractivity contribution is 5.67. The van der Waals surface area contributed by atoms with Gasteiger partial charge in [0.25, 0.3) is 0 Å². The zero-order valence-corrected chi connectivity index (χ0v) is 9.88. The van der Waals surface area contributed by atoms with Gasteiger partial charge < -0.3 is 20.1 Å². The van der Waals surface area contributed by atoms with Crippen LogP contribution in [0.4, 0.5) is 9.59 Å². The van der Waals surface area contributed by atoms with E-state index in [4.69, 9.17) is 9.47 Å². The van der Waals surface area contributed by atoms with E-state index in [1.165, 1.54) is 0 Å². The summed E-state index contributed by atoms with van der Waals surface area (Å²) in [5.74, 6) is 0. The van der Waals surface area contributed by atoms with Crippen LogP contribution in [0, 0.1) is 0 Å². The summed E-state index contributed by atoms with van der Waals surface area (Å²) in [4.78, 5) is 21.7. The van der Waals surface area contributed by atoms with Crippen LogP contribution in [-0.2, 0) is 9.47 Å². The average Bonchev–Trinajstić information content (AvgIpc) is 2.24. The first-order chi connectivity index (χ1) is 7.70. The van der Waals surface area contributed by atoms with Crippen molar-refractivity contribution in [1.29, 1.82) is 0 Å². The molecule has 0 saturated carbocycles. The van der Waals surface area contributed by atoms with Crippen LogP contribution >= 0.6 is 0 Å². The Kier molecular flexibility index (Phi) is 13.3. The van der Waals surface area contributed by atoms with Crippen LogP contribution < -0.4 is 10.6 Å². The Morgan fingerprint density at radius 1 is 0.882 bits per heavy atom. The van der Waals surface area contributed by atoms with Gasteiger partial charge in [-0.1, -0.05) is 7.43 Å². The Labute approximate surface area is 103 Å². The van der Waals surface area contributed by atoms with Crippen LogP contribution in [0.5, 0.6) is 0 Å². The van der Waals surface area contributed by atoms with Gasteiger partial charge in [-0.25, -0.2) is 9.59 Å². The van der Waals surface area contributed by atoms with Crippen molar-refractivity contribution in [3.63, 3.8) is 0 Å². The van der Waals surface area contributed by atoms with Crippen LogP contribution in [0.15, 0.2) is 0 Å². The van der Waals surface area contributed by atoms with Crippen molar-refractivity contribution in [3.05, 3.63) is 0 Å². The summed E-state index contributed by atoms with van der Waals surface area (Å²) >= 11 is 0. The highest BCUT2D eigenvalue weighted by Crippen LogP contribution is 1.92. The number of ether oxygens (including phenoxy) is 2. The Morgan fingerprint density at radius 2 is 1.24 bits per heavy atom. The fourth-order valence-electron chi connectivity index (χ4n) is 0.925. The molecule has 0 atom stereocenters. The van der Waals surface area contributed by atoms with Crippen molar-refractivity contribution in [1.82, 2.24) is 10.6 Å². The van der Waals surface area contributed by atoms with Crippen LogP contribution in [0.2, 0.25) is 0 Å². The summed E-state index contributed by atoms with van der Waals surface area (Å²) in [6.07, 6.45) is 0.534. The number of hydrogen-bond acceptors (Lipinski definition) is 4. The fraction of sp³-hybridized carbons (Fsp3) is 0.818. The summed E-state index contributed by atoms with van der Waals surface area (Å²) in [6, 6.07) is 0. The summed E-state index contributed by atoms with van der Waals surface area (Å²) < 4.78 is 9.66. The van der Waals surface area contributed by atoms with E-state index in [0.717, 1.165) is 0 Å². The zero-order chi connectivity index (χ0) is 12.2. The monoisotopic (exact) mass is 248 g/mol. The first-order valence-corrected chi connectivity index (χ1v) is 5.52. The van der Waals surface area contributed by atoms with Crippen molar-refractivity contribution < 1.29 is 19.1 Å². The zero-order valence-electron chi connectivity index (χ0n) is 9.88. The van der Waals surface area contributed by atoms with Crippen molar-refractivity contribution in [3.8, 4) is 0 Å². The number of nitrogens with one attached hydrogen (secondary N) is 2. The molecule has 0 aromatic carbocycles. The first kappa shape index (κ1) is 17.9. The predicted molar refractivity (Wildman–Crippen MR) is 66.0 cm³/mol. The maximum Gasteiger partial charge on any atom is 0.407 e. The molecule has 2 N–H and O–H groups in total. The standard InChI is InChI=1S/C10H20N2O4.CH4/c1-3-11-9(13)15-7-5-6-8-16-10(14)12-4-2;/h3-8H2,1-2H3,(H,11,13)(H,12,14);1H4. The second-order valence-electron chi connectivity index (χ2n) is 3.04. The molecule has 17 heavy (non-hydrogen) atoms. The van der Waals surface area contributed by atoms with Crippen molar-refractivity contribution in [2.24, 2.45) is 0 Å². The Balaban J connectivity index is 0. The Morgan fingerprint density at radius 3 is 1.53 bits per heavy atom. The molecule has 0 aliphatic heterocycles. The molecule has 0 fully saturated rings. The average molecular weight is 248 g/mol. The molecule has 0 aliphatic carbocycles. The molecular formula is C11H24N2O4. The van der Waals surface area contributed by atoms with E-state index < -0.39 is 12.2 Å². The maximum atomic E-state index is 10.8. The SMILES string of the molecule is C.CCNC(=O)OCCCCOC(=O)NCC. The van der Waals surface area contributed by atoms with Gasteiger partial charge in [0, 0.05) is 13.1 Å². The van der Waals surface area contributed by atoms with E-state index in [1.807, 2.05) is 13.8 Å². The number of alkyl carbamates (subject to hydrolysis) is 2. The van der Waals surface area contributed by atoms with E-state index in [2.05, 4.69) is 10.6 Å². The van der Waals surface area contributed by atoms with Gasteiger partial charge in [-0.3, -0.25) is 0 Å². The third-order valence-electron chi connectivity index (χ3n) is 1.65. The number of carbonyl (C=O) groups is 2. The van der Waals surface area contributed by atoms with Crippen molar-refractivity contribution >= 4 is 12.2 Å². The van der Waals surface area contributed by atoms with Gasteiger partial charge in [0.1, 0.15) is 0 Å². The lowest BCUT2D eigenvalue weighted by Crippen LogP contribution is -2.25. The molecule has 0 bridgehead atoms. The second-order valence-corrected chi connectivity index (χ2v) is 3.04. The van der Waals surface area contributed by atoms with E-state index in [-0.39, 0.29) is 7.43 Å². The molecule has 0 aromatic rings. The molecule has 0 rings (SSSR count). The van der Waals surface area contributed by atoms with Crippen LogP contribution in [0.3, 0.4) is 0 Å². The number of hydrogen-bond donors (Lipinski definition) is 2. The predicted octanol–water partition coefficient (Wildman–Crippen LogP) is 1.89. The smallest absolute Gasteiger partial charge is 0.407 e. The van der Waals surface area contributed by atoms with E-state index in [0.29, 0.717) is 39.1 Å². The third kappa shape index (κ3) is 12.5. The van der Waals surface area contributed by atoms with Crippen LogP contribution in [0.1, 0.15) is 34.1 Å². The molecule has 0 radical (unpaired) electrons. The summed E-state index contributed by atoms with van der Waals surface area (Å²) in [6.45, 7) is 5.43. The number of carbonyl (C=O) groups excluding carboxylic acids is 2. The molecule has 102 valence electrons. The lowest BCUT2D eigenvalue weighted by atomic mass is 10.3. The van der Waals surface area contributed by atoms with E-state index in [1.54, 1.807) is 0 Å². The van der Waals surface area contributed by atoms with Gasteiger partial charge >= 0.3 is 12.2 Å². The minimum atomic E-state index is -0.410. The summed E-state index contributed by atoms with van der Waals surface area (Å²) in [5.41, 5.74) is 0. The largest absolute Gasteiger partial charge is 0.450 e. The maximum absolute atomic E-state index is 10.8. The number of unbranched alkanes of at least 4 members (excludes halogenated alkanes) is 1. The van der Waals surface area contributed by atoms with Crippen molar-refractivity contribution in [2.45, 2.75) is 34.1 Å². The molecule has 0 spiro atoms. The Bertz CT molecular complexity index is 188. The molecule has 2 amide bonds. The van der Waals surface area contributed by atoms with Gasteiger partial charge in [0.15, 0.2) is 0 Å². The highest BCUT2D eigenvalue weighted by Gasteiger charge is 2.00. The quantitative estimate of drug-likeness (QED) is 0.675. The van der Waals surface area contributed by atoms with Gasteiger partial charge in [0.05, 0.1) is 13.2 Å². The van der Waals surface area contributed by atoms with Gasteiger partial charge in [0.2, 0.25) is 0 Å². The molecule has 0 aromatic heterocycles. The fourth-order valence-corrected chi connectivity index (χ4v) is 0.925. The number of rotatable bonds is 7. The molecule has 6 heteroatoms. The van der Waals surface area contributed by atoms with Crippen LogP contribution in [-0.4, -0.2) is 38.5 Å². The molecule has 0 saturated heterocycles. The van der Waals surface area contributed by atoms with Crippen LogP contribution in [0.25, 0.3) is 0 Å². The molecule has 6 nitrogen and oxygen atoms in total. The van der Waals surface area contributed by atoms with Gasteiger partial charge in [-0.2, -0.15) is 0 Å². The normalized spacial score (nSPS) is 8.82. The minimum absolute atomic E-state index is 0. The minimum Gasteiger partial charge on any atom is -0.450 e. The van der Waals surface area contributed by atoms with E-state index in [9.17, 15) is 9.59 Å². The highest BCUT2D eigenvalue weighted by atomic mass is 16.6. The van der Waals surface area contributed by atoms with Crippen molar-refractivity contribution in [2.75, 3.05) is 26.3 Å². The van der Waals surface area contributed by atoms with E-state index >= 15 is 0 Å². The molecule has 0 unspecified atom stereocenters. The lowest BCUT2D eigenvalue weighted by Gasteiger charge is -2.06. The summed E-state index contributed by atoms with van der Waals surface area (Å²) in [7, 11) is 0. The lowest BCUT2D eigenvalue weighted by molar-refractivity contribution is 0.129. The number of amides is 2.